The van der Waals surface area contributed by atoms with Crippen molar-refractivity contribution in [3.8, 4) is 0 Å². The van der Waals surface area contributed by atoms with Crippen LogP contribution in [0.5, 0.6) is 0 Å². The minimum Gasteiger partial charge on any atom is -0.481 e. The number of rotatable bonds is 5. The summed E-state index contributed by atoms with van der Waals surface area (Å²) in [6.07, 6.45) is -0.124. The highest BCUT2D eigenvalue weighted by Crippen LogP contribution is 2.22. The van der Waals surface area contributed by atoms with Gasteiger partial charge in [-0.3, -0.25) is 9.59 Å². The SMILES string of the molecule is Cc1ccc(C(C)NC(=O)CC(C)(C)C(=O)O)cc1F. The van der Waals surface area contributed by atoms with Crippen LogP contribution < -0.4 is 5.32 Å². The van der Waals surface area contributed by atoms with Gasteiger partial charge in [0.05, 0.1) is 11.5 Å². The molecule has 1 amide bonds. The molecular formula is C15H20FNO3. The normalized spacial score (nSPS) is 12.8. The Hall–Kier alpha value is -1.91. The second kappa shape index (κ2) is 6.03. The van der Waals surface area contributed by atoms with Crippen LogP contribution >= 0.6 is 0 Å². The van der Waals surface area contributed by atoms with Crippen LogP contribution in [0, 0.1) is 18.2 Å². The molecule has 1 aromatic rings. The molecule has 1 unspecified atom stereocenters. The van der Waals surface area contributed by atoms with E-state index < -0.39 is 11.4 Å². The molecule has 1 rings (SSSR count). The third-order valence-electron chi connectivity index (χ3n) is 3.25. The quantitative estimate of drug-likeness (QED) is 0.872. The second-order valence-electron chi connectivity index (χ2n) is 5.66. The lowest BCUT2D eigenvalue weighted by Gasteiger charge is -2.21. The number of benzene rings is 1. The van der Waals surface area contributed by atoms with Crippen LogP contribution in [-0.2, 0) is 9.59 Å². The molecule has 0 heterocycles. The Morgan fingerprint density at radius 2 is 2.00 bits per heavy atom. The maximum absolute atomic E-state index is 13.5. The number of carbonyl (C=O) groups excluding carboxylic acids is 1. The van der Waals surface area contributed by atoms with Crippen molar-refractivity contribution in [2.75, 3.05) is 0 Å². The molecule has 2 N–H and O–H groups in total. The van der Waals surface area contributed by atoms with E-state index in [1.54, 1.807) is 26.0 Å². The fraction of sp³-hybridized carbons (Fsp3) is 0.467. The molecule has 0 aromatic heterocycles. The molecule has 0 aliphatic rings. The number of halogens is 1. The standard InChI is InChI=1S/C15H20FNO3/c1-9-5-6-11(7-12(9)16)10(2)17-13(18)8-15(3,4)14(19)20/h5-7,10H,8H2,1-4H3,(H,17,18)(H,19,20). The van der Waals surface area contributed by atoms with Gasteiger partial charge in [0.15, 0.2) is 0 Å². The van der Waals surface area contributed by atoms with Crippen LogP contribution in [0.15, 0.2) is 18.2 Å². The summed E-state index contributed by atoms with van der Waals surface area (Å²) >= 11 is 0. The highest BCUT2D eigenvalue weighted by molar-refractivity contribution is 5.84. The molecule has 4 nitrogen and oxygen atoms in total. The molecule has 110 valence electrons. The number of hydrogen-bond donors (Lipinski definition) is 2. The molecule has 0 bridgehead atoms. The van der Waals surface area contributed by atoms with E-state index in [1.807, 2.05) is 0 Å². The average molecular weight is 281 g/mol. The summed E-state index contributed by atoms with van der Waals surface area (Å²) in [4.78, 5) is 22.8. The fourth-order valence-electron chi connectivity index (χ4n) is 1.73. The Morgan fingerprint density at radius 1 is 1.40 bits per heavy atom. The predicted octanol–water partition coefficient (Wildman–Crippen LogP) is 2.81. The van der Waals surface area contributed by atoms with E-state index in [0.29, 0.717) is 11.1 Å². The molecule has 1 atom stereocenters. The number of hydrogen-bond acceptors (Lipinski definition) is 2. The molecule has 0 radical (unpaired) electrons. The van der Waals surface area contributed by atoms with Gasteiger partial charge in [-0.25, -0.2) is 4.39 Å². The molecule has 0 spiro atoms. The van der Waals surface area contributed by atoms with Crippen LogP contribution in [0.3, 0.4) is 0 Å². The van der Waals surface area contributed by atoms with Crippen molar-refractivity contribution >= 4 is 11.9 Å². The van der Waals surface area contributed by atoms with Crippen LogP contribution in [0.25, 0.3) is 0 Å². The summed E-state index contributed by atoms with van der Waals surface area (Å²) in [5, 5.41) is 11.7. The first-order valence-electron chi connectivity index (χ1n) is 6.42. The number of carboxylic acids is 1. The number of nitrogens with one attached hydrogen (secondary N) is 1. The van der Waals surface area contributed by atoms with Crippen molar-refractivity contribution in [3.63, 3.8) is 0 Å². The Kier molecular flexibility index (Phi) is 4.87. The largest absolute Gasteiger partial charge is 0.481 e. The topological polar surface area (TPSA) is 66.4 Å². The van der Waals surface area contributed by atoms with Crippen LogP contribution in [-0.4, -0.2) is 17.0 Å². The molecule has 0 fully saturated rings. The third kappa shape index (κ3) is 4.05. The number of carboxylic acid groups (broad SMARTS) is 1. The van der Waals surface area contributed by atoms with Gasteiger partial charge in [0.25, 0.3) is 0 Å². The van der Waals surface area contributed by atoms with E-state index in [1.165, 1.54) is 19.9 Å². The summed E-state index contributed by atoms with van der Waals surface area (Å²) < 4.78 is 13.5. The molecule has 0 aliphatic carbocycles. The van der Waals surface area contributed by atoms with E-state index in [2.05, 4.69) is 5.32 Å². The van der Waals surface area contributed by atoms with Crippen molar-refractivity contribution in [2.45, 2.75) is 40.2 Å². The van der Waals surface area contributed by atoms with Gasteiger partial charge in [-0.05, 0) is 44.9 Å². The lowest BCUT2D eigenvalue weighted by Crippen LogP contribution is -2.34. The van der Waals surface area contributed by atoms with E-state index >= 15 is 0 Å². The second-order valence-corrected chi connectivity index (χ2v) is 5.66. The van der Waals surface area contributed by atoms with Crippen molar-refractivity contribution in [1.29, 1.82) is 0 Å². The van der Waals surface area contributed by atoms with Crippen LogP contribution in [0.2, 0.25) is 0 Å². The van der Waals surface area contributed by atoms with E-state index in [9.17, 15) is 14.0 Å². The molecule has 5 heteroatoms. The first kappa shape index (κ1) is 16.1. The maximum Gasteiger partial charge on any atom is 0.309 e. The van der Waals surface area contributed by atoms with E-state index in [4.69, 9.17) is 5.11 Å². The molecule has 0 saturated heterocycles. The number of amides is 1. The minimum atomic E-state index is -1.12. The fourth-order valence-corrected chi connectivity index (χ4v) is 1.73. The molecular weight excluding hydrogens is 261 g/mol. The van der Waals surface area contributed by atoms with Gasteiger partial charge in [-0.2, -0.15) is 0 Å². The van der Waals surface area contributed by atoms with Crippen molar-refractivity contribution in [1.82, 2.24) is 5.32 Å². The predicted molar refractivity (Wildman–Crippen MR) is 73.7 cm³/mol. The van der Waals surface area contributed by atoms with Gasteiger partial charge < -0.3 is 10.4 Å². The number of carbonyl (C=O) groups is 2. The van der Waals surface area contributed by atoms with Gasteiger partial charge in [0.2, 0.25) is 5.91 Å². The third-order valence-corrected chi connectivity index (χ3v) is 3.25. The molecule has 0 saturated carbocycles. The highest BCUT2D eigenvalue weighted by atomic mass is 19.1. The van der Waals surface area contributed by atoms with Crippen molar-refractivity contribution < 1.29 is 19.1 Å². The van der Waals surface area contributed by atoms with Gasteiger partial charge in [0, 0.05) is 6.42 Å². The van der Waals surface area contributed by atoms with Gasteiger partial charge in [0.1, 0.15) is 5.82 Å². The first-order valence-corrected chi connectivity index (χ1v) is 6.42. The summed E-state index contributed by atoms with van der Waals surface area (Å²) in [7, 11) is 0. The molecule has 0 aliphatic heterocycles. The number of aliphatic carboxylic acids is 1. The smallest absolute Gasteiger partial charge is 0.309 e. The first-order chi connectivity index (χ1) is 9.13. The summed E-state index contributed by atoms with van der Waals surface area (Å²) in [5.74, 6) is -1.72. The molecule has 20 heavy (non-hydrogen) atoms. The minimum absolute atomic E-state index is 0.124. The Balaban J connectivity index is 2.70. The maximum atomic E-state index is 13.5. The summed E-state index contributed by atoms with van der Waals surface area (Å²) in [5.41, 5.74) is 0.0661. The van der Waals surface area contributed by atoms with Gasteiger partial charge in [-0.1, -0.05) is 12.1 Å². The Morgan fingerprint density at radius 3 is 2.50 bits per heavy atom. The monoisotopic (exact) mass is 281 g/mol. The van der Waals surface area contributed by atoms with Crippen LogP contribution in [0.1, 0.15) is 44.4 Å². The molecule has 1 aromatic carbocycles. The van der Waals surface area contributed by atoms with Gasteiger partial charge >= 0.3 is 5.97 Å². The zero-order valence-electron chi connectivity index (χ0n) is 12.2. The zero-order valence-corrected chi connectivity index (χ0v) is 12.2. The highest BCUT2D eigenvalue weighted by Gasteiger charge is 2.30. The Labute approximate surface area is 118 Å². The van der Waals surface area contributed by atoms with Crippen molar-refractivity contribution in [3.05, 3.63) is 35.1 Å². The summed E-state index contributed by atoms with van der Waals surface area (Å²) in [6.45, 7) is 6.38. The average Bonchev–Trinajstić information content (AvgIpc) is 2.31. The number of aryl methyl sites for hydroxylation is 1. The Bertz CT molecular complexity index is 526. The van der Waals surface area contributed by atoms with Crippen molar-refractivity contribution in [2.24, 2.45) is 5.41 Å². The van der Waals surface area contributed by atoms with Crippen LogP contribution in [0.4, 0.5) is 4.39 Å². The van der Waals surface area contributed by atoms with Gasteiger partial charge in [-0.15, -0.1) is 0 Å². The lowest BCUT2D eigenvalue weighted by atomic mass is 9.89. The zero-order chi connectivity index (χ0) is 15.5. The summed E-state index contributed by atoms with van der Waals surface area (Å²) in [6, 6.07) is 4.39. The van der Waals surface area contributed by atoms with E-state index in [0.717, 1.165) is 0 Å². The van der Waals surface area contributed by atoms with E-state index in [-0.39, 0.29) is 24.2 Å². The lowest BCUT2D eigenvalue weighted by molar-refractivity contribution is -0.149.